The second-order valence-electron chi connectivity index (χ2n) is 4.05. The number of hydrogen-bond donors (Lipinski definition) is 1. The highest BCUT2D eigenvalue weighted by molar-refractivity contribution is 6.36. The molecule has 1 amide bonds. The van der Waals surface area contributed by atoms with Crippen LogP contribution in [0.5, 0.6) is 5.75 Å². The quantitative estimate of drug-likeness (QED) is 0.695. The first-order chi connectivity index (χ1) is 9.58. The highest BCUT2D eigenvalue weighted by atomic mass is 35.5. The maximum Gasteiger partial charge on any atom is 0.345 e. The molecule has 0 heterocycles. The molecule has 0 radical (unpaired) electrons. The first-order valence-corrected chi connectivity index (χ1v) is 6.29. The number of para-hydroxylation sites is 1. The largest absolute Gasteiger partial charge is 0.423 e. The average molecular weight is 290 g/mol. The standard InChI is InChI=1S/C15H12ClNO3/c1-10(18)17-13-9-5-8-12(14(13)16)15(19)20-11-6-3-2-4-7-11/h2-9H,1H3,(H,17,18). The SMILES string of the molecule is CC(=O)Nc1cccc(C(=O)Oc2ccccc2)c1Cl. The molecule has 4 nitrogen and oxygen atoms in total. The van der Waals surface area contributed by atoms with Crippen molar-refractivity contribution in [3.63, 3.8) is 0 Å². The lowest BCUT2D eigenvalue weighted by Gasteiger charge is -2.09. The summed E-state index contributed by atoms with van der Waals surface area (Å²) in [5.41, 5.74) is 0.573. The van der Waals surface area contributed by atoms with Crippen LogP contribution in [0.15, 0.2) is 48.5 Å². The van der Waals surface area contributed by atoms with E-state index in [-0.39, 0.29) is 16.5 Å². The van der Waals surface area contributed by atoms with Crippen molar-refractivity contribution in [1.29, 1.82) is 0 Å². The van der Waals surface area contributed by atoms with Crippen LogP contribution >= 0.6 is 11.6 Å². The van der Waals surface area contributed by atoms with E-state index in [4.69, 9.17) is 16.3 Å². The topological polar surface area (TPSA) is 55.4 Å². The van der Waals surface area contributed by atoms with Gasteiger partial charge in [-0.2, -0.15) is 0 Å². The van der Waals surface area contributed by atoms with Crippen LogP contribution in [0, 0.1) is 0 Å². The van der Waals surface area contributed by atoms with Crippen molar-refractivity contribution in [3.8, 4) is 5.75 Å². The van der Waals surface area contributed by atoms with Gasteiger partial charge in [-0.25, -0.2) is 4.79 Å². The van der Waals surface area contributed by atoms with Crippen LogP contribution in [0.4, 0.5) is 5.69 Å². The van der Waals surface area contributed by atoms with E-state index >= 15 is 0 Å². The smallest absolute Gasteiger partial charge is 0.345 e. The van der Waals surface area contributed by atoms with E-state index in [1.807, 2.05) is 6.07 Å². The van der Waals surface area contributed by atoms with Crippen LogP contribution < -0.4 is 10.1 Å². The molecule has 0 aliphatic rings. The van der Waals surface area contributed by atoms with Crippen molar-refractivity contribution in [2.24, 2.45) is 0 Å². The third-order valence-electron chi connectivity index (χ3n) is 2.48. The van der Waals surface area contributed by atoms with Gasteiger partial charge in [-0.15, -0.1) is 0 Å². The summed E-state index contributed by atoms with van der Waals surface area (Å²) in [7, 11) is 0. The third kappa shape index (κ3) is 3.36. The Bertz CT molecular complexity index is 641. The van der Waals surface area contributed by atoms with E-state index in [9.17, 15) is 9.59 Å². The molecule has 2 aromatic carbocycles. The van der Waals surface area contributed by atoms with Crippen LogP contribution in [-0.2, 0) is 4.79 Å². The zero-order valence-electron chi connectivity index (χ0n) is 10.7. The number of esters is 1. The average Bonchev–Trinajstić information content (AvgIpc) is 2.41. The second-order valence-corrected chi connectivity index (χ2v) is 4.43. The van der Waals surface area contributed by atoms with Crippen LogP contribution in [0.3, 0.4) is 0 Å². The molecule has 0 atom stereocenters. The Morgan fingerprint density at radius 2 is 1.75 bits per heavy atom. The van der Waals surface area contributed by atoms with Crippen molar-refractivity contribution in [3.05, 3.63) is 59.1 Å². The van der Waals surface area contributed by atoms with Crippen LogP contribution in [0.2, 0.25) is 5.02 Å². The van der Waals surface area contributed by atoms with Gasteiger partial charge in [0.25, 0.3) is 0 Å². The van der Waals surface area contributed by atoms with Gasteiger partial charge in [0.1, 0.15) is 5.75 Å². The summed E-state index contributed by atoms with van der Waals surface area (Å²) in [5, 5.41) is 2.71. The minimum absolute atomic E-state index is 0.156. The zero-order valence-corrected chi connectivity index (χ0v) is 11.5. The molecule has 0 spiro atoms. The Labute approximate surface area is 121 Å². The van der Waals surface area contributed by atoms with E-state index in [1.54, 1.807) is 42.5 Å². The second kappa shape index (κ2) is 6.21. The van der Waals surface area contributed by atoms with Gasteiger partial charge in [-0.3, -0.25) is 4.79 Å². The Hall–Kier alpha value is -2.33. The number of ether oxygens (including phenoxy) is 1. The molecule has 5 heteroatoms. The molecule has 102 valence electrons. The molecule has 2 rings (SSSR count). The predicted molar refractivity (Wildman–Crippen MR) is 77.2 cm³/mol. The molecule has 0 aliphatic heterocycles. The first kappa shape index (κ1) is 14.1. The van der Waals surface area contributed by atoms with Gasteiger partial charge < -0.3 is 10.1 Å². The summed E-state index contributed by atoms with van der Waals surface area (Å²) >= 11 is 6.10. The number of anilines is 1. The van der Waals surface area contributed by atoms with E-state index in [1.165, 1.54) is 6.92 Å². The normalized spacial score (nSPS) is 9.90. The van der Waals surface area contributed by atoms with Crippen LogP contribution in [0.25, 0.3) is 0 Å². The van der Waals surface area contributed by atoms with Crippen LogP contribution in [-0.4, -0.2) is 11.9 Å². The van der Waals surface area contributed by atoms with E-state index in [0.29, 0.717) is 11.4 Å². The minimum atomic E-state index is -0.576. The van der Waals surface area contributed by atoms with Gasteiger partial charge in [0.2, 0.25) is 5.91 Å². The molecule has 0 aliphatic carbocycles. The fourth-order valence-electron chi connectivity index (χ4n) is 1.63. The number of hydrogen-bond acceptors (Lipinski definition) is 3. The number of rotatable bonds is 3. The van der Waals surface area contributed by atoms with Crippen molar-refractivity contribution in [2.45, 2.75) is 6.92 Å². The number of amides is 1. The predicted octanol–water partition coefficient (Wildman–Crippen LogP) is 3.52. The maximum absolute atomic E-state index is 12.1. The molecule has 0 saturated carbocycles. The lowest BCUT2D eigenvalue weighted by atomic mass is 10.2. The van der Waals surface area contributed by atoms with Crippen molar-refractivity contribution in [2.75, 3.05) is 5.32 Å². The molecular formula is C15H12ClNO3. The fraction of sp³-hybridized carbons (Fsp3) is 0.0667. The first-order valence-electron chi connectivity index (χ1n) is 5.91. The third-order valence-corrected chi connectivity index (χ3v) is 2.89. The maximum atomic E-state index is 12.1. The fourth-order valence-corrected chi connectivity index (χ4v) is 1.88. The molecule has 0 fully saturated rings. The molecule has 1 N–H and O–H groups in total. The number of nitrogens with one attached hydrogen (secondary N) is 1. The monoisotopic (exact) mass is 289 g/mol. The molecule has 0 bridgehead atoms. The number of benzene rings is 2. The number of carbonyl (C=O) groups excluding carboxylic acids is 2. The summed E-state index contributed by atoms with van der Waals surface area (Å²) in [6, 6.07) is 13.5. The molecule has 0 unspecified atom stereocenters. The summed E-state index contributed by atoms with van der Waals surface area (Å²) < 4.78 is 5.21. The minimum Gasteiger partial charge on any atom is -0.423 e. The van der Waals surface area contributed by atoms with Crippen LogP contribution in [0.1, 0.15) is 17.3 Å². The summed E-state index contributed by atoms with van der Waals surface area (Å²) in [4.78, 5) is 23.1. The van der Waals surface area contributed by atoms with Crippen molar-refractivity contribution >= 4 is 29.2 Å². The molecule has 0 aromatic heterocycles. The van der Waals surface area contributed by atoms with Gasteiger partial charge >= 0.3 is 5.97 Å². The summed E-state index contributed by atoms with van der Waals surface area (Å²) in [5.74, 6) is -0.410. The Morgan fingerprint density at radius 3 is 2.40 bits per heavy atom. The highest BCUT2D eigenvalue weighted by Crippen LogP contribution is 2.27. The molecule has 2 aromatic rings. The van der Waals surface area contributed by atoms with Crippen molar-refractivity contribution < 1.29 is 14.3 Å². The van der Waals surface area contributed by atoms with Gasteiger partial charge in [0, 0.05) is 6.92 Å². The summed E-state index contributed by atoms with van der Waals surface area (Å²) in [6.45, 7) is 1.37. The van der Waals surface area contributed by atoms with Gasteiger partial charge in [0.15, 0.2) is 0 Å². The van der Waals surface area contributed by atoms with Crippen molar-refractivity contribution in [1.82, 2.24) is 0 Å². The zero-order chi connectivity index (χ0) is 14.5. The molecular weight excluding hydrogens is 278 g/mol. The van der Waals surface area contributed by atoms with Gasteiger partial charge in [-0.1, -0.05) is 35.9 Å². The Balaban J connectivity index is 2.24. The lowest BCUT2D eigenvalue weighted by molar-refractivity contribution is -0.114. The Morgan fingerprint density at radius 1 is 1.05 bits per heavy atom. The van der Waals surface area contributed by atoms with Gasteiger partial charge in [0.05, 0.1) is 16.3 Å². The van der Waals surface area contributed by atoms with E-state index in [0.717, 1.165) is 0 Å². The summed E-state index contributed by atoms with van der Waals surface area (Å²) in [6.07, 6.45) is 0. The Kier molecular flexibility index (Phi) is 4.38. The number of halogens is 1. The van der Waals surface area contributed by atoms with E-state index in [2.05, 4.69) is 5.32 Å². The molecule has 0 saturated heterocycles. The highest BCUT2D eigenvalue weighted by Gasteiger charge is 2.15. The van der Waals surface area contributed by atoms with E-state index < -0.39 is 5.97 Å². The van der Waals surface area contributed by atoms with Gasteiger partial charge in [-0.05, 0) is 24.3 Å². The number of carbonyl (C=O) groups is 2. The lowest BCUT2D eigenvalue weighted by Crippen LogP contribution is -2.12. The molecule has 20 heavy (non-hydrogen) atoms.